The molecule has 186 valence electrons. The molecule has 1 heterocycles. The van der Waals surface area contributed by atoms with E-state index in [4.69, 9.17) is 14.7 Å². The molecule has 4 rings (SSSR count). The van der Waals surface area contributed by atoms with E-state index in [0.29, 0.717) is 5.92 Å². The number of carbonyl (C=O) groups is 1. The molecule has 6 nitrogen and oxygen atoms in total. The van der Waals surface area contributed by atoms with Gasteiger partial charge in [-0.25, -0.2) is 9.97 Å². The predicted molar refractivity (Wildman–Crippen MR) is 142 cm³/mol. The minimum atomic E-state index is 0.102. The summed E-state index contributed by atoms with van der Waals surface area (Å²) in [4.78, 5) is 23.7. The zero-order valence-electron chi connectivity index (χ0n) is 22.1. The summed E-state index contributed by atoms with van der Waals surface area (Å²) in [7, 11) is 5.41. The average Bonchev–Trinajstić information content (AvgIpc) is 2.84. The number of carbonyl (C=O) groups excluding carboxylic acids is 1. The maximum Gasteiger partial charge on any atom is 0.225 e. The fourth-order valence-electron chi connectivity index (χ4n) is 5.44. The van der Waals surface area contributed by atoms with Crippen LogP contribution in [-0.2, 0) is 4.79 Å². The second-order valence-corrected chi connectivity index (χ2v) is 10.2. The van der Waals surface area contributed by atoms with Crippen molar-refractivity contribution >= 4 is 22.6 Å². The van der Waals surface area contributed by atoms with Crippen molar-refractivity contribution in [1.29, 1.82) is 0 Å². The zero-order chi connectivity index (χ0) is 25.3. The van der Waals surface area contributed by atoms with Crippen LogP contribution in [0, 0.1) is 26.7 Å². The first-order chi connectivity index (χ1) is 16.7. The third-order valence-corrected chi connectivity index (χ3v) is 7.58. The van der Waals surface area contributed by atoms with Crippen LogP contribution < -0.4 is 10.1 Å². The summed E-state index contributed by atoms with van der Waals surface area (Å²) >= 11 is 0. The lowest BCUT2D eigenvalue weighted by Crippen LogP contribution is -2.32. The van der Waals surface area contributed by atoms with E-state index in [9.17, 15) is 4.79 Å². The van der Waals surface area contributed by atoms with Crippen LogP contribution in [0.15, 0.2) is 30.3 Å². The molecule has 1 atom stereocenters. The highest BCUT2D eigenvalue weighted by Crippen LogP contribution is 2.42. The highest BCUT2D eigenvalue weighted by atomic mass is 16.5. The molecular formula is C29H38N4O2. The molecule has 1 aliphatic carbocycles. The zero-order valence-corrected chi connectivity index (χ0v) is 22.1. The van der Waals surface area contributed by atoms with Gasteiger partial charge in [-0.15, -0.1) is 0 Å². The second kappa shape index (κ2) is 10.2. The van der Waals surface area contributed by atoms with E-state index in [0.717, 1.165) is 54.0 Å². The first-order valence-electron chi connectivity index (χ1n) is 12.6. The van der Waals surface area contributed by atoms with Crippen LogP contribution in [0.1, 0.15) is 72.6 Å². The Labute approximate surface area is 209 Å². The first kappa shape index (κ1) is 25.0. The van der Waals surface area contributed by atoms with Crippen LogP contribution in [-0.4, -0.2) is 42.0 Å². The van der Waals surface area contributed by atoms with E-state index in [1.54, 1.807) is 12.0 Å². The van der Waals surface area contributed by atoms with E-state index in [2.05, 4.69) is 50.4 Å². The highest BCUT2D eigenvalue weighted by molar-refractivity contribution is 5.91. The van der Waals surface area contributed by atoms with Crippen LogP contribution >= 0.6 is 0 Å². The van der Waals surface area contributed by atoms with Gasteiger partial charge in [-0.2, -0.15) is 0 Å². The molecule has 1 N–H and O–H groups in total. The normalized spacial score (nSPS) is 18.8. The minimum absolute atomic E-state index is 0.102. The Morgan fingerprint density at radius 3 is 2.46 bits per heavy atom. The lowest BCUT2D eigenvalue weighted by atomic mass is 9.77. The molecule has 1 amide bonds. The summed E-state index contributed by atoms with van der Waals surface area (Å²) in [5, 5.41) is 4.68. The van der Waals surface area contributed by atoms with Crippen LogP contribution in [0.3, 0.4) is 0 Å². The maximum absolute atomic E-state index is 12.5. The van der Waals surface area contributed by atoms with E-state index >= 15 is 0 Å². The number of amides is 1. The van der Waals surface area contributed by atoms with Crippen molar-refractivity contribution in [3.05, 3.63) is 58.4 Å². The molecule has 0 aliphatic heterocycles. The van der Waals surface area contributed by atoms with Gasteiger partial charge in [0.15, 0.2) is 0 Å². The Hall–Kier alpha value is -3.15. The molecular weight excluding hydrogens is 436 g/mol. The van der Waals surface area contributed by atoms with Gasteiger partial charge in [0, 0.05) is 31.5 Å². The number of benzene rings is 2. The van der Waals surface area contributed by atoms with Gasteiger partial charge in [-0.05, 0) is 87.6 Å². The van der Waals surface area contributed by atoms with E-state index < -0.39 is 0 Å². The van der Waals surface area contributed by atoms with Crippen molar-refractivity contribution < 1.29 is 9.53 Å². The molecule has 0 saturated heterocycles. The number of aromatic nitrogens is 2. The SMILES string of the molecule is COc1cc2nc(C)nc(N[C@H](C)c3cccc(C)c3C)c2cc1C1CCC(C(=O)N(C)C)CC1. The molecule has 0 unspecified atom stereocenters. The van der Waals surface area contributed by atoms with E-state index in [1.165, 1.54) is 22.3 Å². The third kappa shape index (κ3) is 5.12. The van der Waals surface area contributed by atoms with Crippen molar-refractivity contribution in [2.75, 3.05) is 26.5 Å². The fourth-order valence-corrected chi connectivity index (χ4v) is 5.44. The van der Waals surface area contributed by atoms with Gasteiger partial charge in [0.25, 0.3) is 0 Å². The molecule has 1 aliphatic rings. The number of rotatable bonds is 6. The molecule has 1 fully saturated rings. The summed E-state index contributed by atoms with van der Waals surface area (Å²) in [6, 6.07) is 10.8. The predicted octanol–water partition coefficient (Wildman–Crippen LogP) is 6.10. The van der Waals surface area contributed by atoms with Gasteiger partial charge in [0.05, 0.1) is 18.7 Å². The van der Waals surface area contributed by atoms with Gasteiger partial charge in [-0.3, -0.25) is 4.79 Å². The number of hydrogen-bond acceptors (Lipinski definition) is 5. The molecule has 1 aromatic heterocycles. The van der Waals surface area contributed by atoms with Crippen LogP contribution in [0.2, 0.25) is 0 Å². The molecule has 3 aromatic rings. The molecule has 2 aromatic carbocycles. The van der Waals surface area contributed by atoms with Crippen molar-refractivity contribution in [3.8, 4) is 5.75 Å². The third-order valence-electron chi connectivity index (χ3n) is 7.58. The molecule has 35 heavy (non-hydrogen) atoms. The number of aryl methyl sites for hydroxylation is 2. The number of nitrogens with zero attached hydrogens (tertiary/aromatic N) is 3. The second-order valence-electron chi connectivity index (χ2n) is 10.2. The van der Waals surface area contributed by atoms with Gasteiger partial charge in [0.2, 0.25) is 5.91 Å². The largest absolute Gasteiger partial charge is 0.496 e. The fraction of sp³-hybridized carbons (Fsp3) is 0.483. The Morgan fingerprint density at radius 2 is 1.80 bits per heavy atom. The Kier molecular flexibility index (Phi) is 7.29. The Balaban J connectivity index is 1.68. The van der Waals surface area contributed by atoms with Gasteiger partial charge >= 0.3 is 0 Å². The quantitative estimate of drug-likeness (QED) is 0.468. The molecule has 0 radical (unpaired) electrons. The number of hydrogen-bond donors (Lipinski definition) is 1. The van der Waals surface area contributed by atoms with Crippen LogP contribution in [0.5, 0.6) is 5.75 Å². The number of fused-ring (bicyclic) bond motifs is 1. The summed E-state index contributed by atoms with van der Waals surface area (Å²) in [5.41, 5.74) is 5.92. The summed E-state index contributed by atoms with van der Waals surface area (Å²) in [6.07, 6.45) is 3.76. The van der Waals surface area contributed by atoms with Gasteiger partial charge < -0.3 is 15.0 Å². The van der Waals surface area contributed by atoms with Gasteiger partial charge in [0.1, 0.15) is 17.4 Å². The Bertz CT molecular complexity index is 1230. The number of ether oxygens (including phenoxy) is 1. The number of nitrogens with one attached hydrogen (secondary N) is 1. The molecule has 0 bridgehead atoms. The number of methoxy groups -OCH3 is 1. The van der Waals surface area contributed by atoms with E-state index in [1.807, 2.05) is 27.1 Å². The standard InChI is InChI=1S/C29H38N4O2/c1-17-9-8-10-23(18(17)2)19(3)30-28-25-15-24(27(35-7)16-26(25)31-20(4)32-28)21-11-13-22(14-12-21)29(34)33(5)6/h8-10,15-16,19,21-22H,11-14H2,1-7H3,(H,30,31,32)/t19-,21?,22?/m1/s1. The van der Waals surface area contributed by atoms with Crippen molar-refractivity contribution in [3.63, 3.8) is 0 Å². The van der Waals surface area contributed by atoms with Crippen LogP contribution in [0.4, 0.5) is 5.82 Å². The monoisotopic (exact) mass is 474 g/mol. The lowest BCUT2D eigenvalue weighted by molar-refractivity contribution is -0.134. The van der Waals surface area contributed by atoms with Crippen molar-refractivity contribution in [2.24, 2.45) is 5.92 Å². The molecule has 0 spiro atoms. The summed E-state index contributed by atoms with van der Waals surface area (Å²) < 4.78 is 5.82. The summed E-state index contributed by atoms with van der Waals surface area (Å²) in [5.74, 6) is 3.16. The van der Waals surface area contributed by atoms with Gasteiger partial charge in [-0.1, -0.05) is 18.2 Å². The summed E-state index contributed by atoms with van der Waals surface area (Å²) in [6.45, 7) is 8.43. The van der Waals surface area contributed by atoms with Crippen molar-refractivity contribution in [2.45, 2.75) is 65.3 Å². The molecule has 1 saturated carbocycles. The van der Waals surface area contributed by atoms with Crippen molar-refractivity contribution in [1.82, 2.24) is 14.9 Å². The lowest BCUT2D eigenvalue weighted by Gasteiger charge is -2.30. The highest BCUT2D eigenvalue weighted by Gasteiger charge is 2.30. The Morgan fingerprint density at radius 1 is 1.09 bits per heavy atom. The van der Waals surface area contributed by atoms with Crippen LogP contribution in [0.25, 0.3) is 10.9 Å². The van der Waals surface area contributed by atoms with E-state index in [-0.39, 0.29) is 17.9 Å². The number of anilines is 1. The smallest absolute Gasteiger partial charge is 0.225 e. The maximum atomic E-state index is 12.5. The minimum Gasteiger partial charge on any atom is -0.496 e. The topological polar surface area (TPSA) is 67.4 Å². The average molecular weight is 475 g/mol. The first-order valence-corrected chi connectivity index (χ1v) is 12.6. The molecule has 6 heteroatoms.